The first-order valence-corrected chi connectivity index (χ1v) is 10.3. The highest BCUT2D eigenvalue weighted by Gasteiger charge is 2.60. The summed E-state index contributed by atoms with van der Waals surface area (Å²) in [7, 11) is 0. The molecule has 1 aromatic heterocycles. The van der Waals surface area contributed by atoms with Crippen molar-refractivity contribution in [2.24, 2.45) is 28.6 Å². The number of fused-ring (bicyclic) bond motifs is 5. The lowest BCUT2D eigenvalue weighted by Gasteiger charge is -2.56. The van der Waals surface area contributed by atoms with Crippen LogP contribution in [0.25, 0.3) is 5.57 Å². The molecule has 4 aliphatic rings. The van der Waals surface area contributed by atoms with E-state index in [2.05, 4.69) is 31.0 Å². The lowest BCUT2D eigenvalue weighted by atomic mass is 9.46. The number of ketones is 2. The largest absolute Gasteiger partial charge is 0.299 e. The Balaban J connectivity index is 1.53. The molecule has 3 heteroatoms. The summed E-state index contributed by atoms with van der Waals surface area (Å²) in [5, 5.41) is 0. The van der Waals surface area contributed by atoms with Gasteiger partial charge in [0.25, 0.3) is 0 Å². The predicted octanol–water partition coefficient (Wildman–Crippen LogP) is 4.79. The van der Waals surface area contributed by atoms with E-state index < -0.39 is 0 Å². The van der Waals surface area contributed by atoms with Crippen LogP contribution >= 0.6 is 0 Å². The molecule has 5 rings (SSSR count). The summed E-state index contributed by atoms with van der Waals surface area (Å²) in [6, 6.07) is 4.11. The zero-order valence-electron chi connectivity index (χ0n) is 16.2. The average Bonchev–Trinajstić information content (AvgIpc) is 2.99. The third-order valence-corrected chi connectivity index (χ3v) is 8.21. The molecular weight excluding hydrogens is 334 g/mol. The molecule has 0 aromatic carbocycles. The van der Waals surface area contributed by atoms with Gasteiger partial charge >= 0.3 is 0 Å². The molecule has 0 radical (unpaired) electrons. The number of allylic oxidation sites excluding steroid dienone is 4. The molecule has 0 amide bonds. The first-order valence-electron chi connectivity index (χ1n) is 10.3. The Morgan fingerprint density at radius 1 is 1.15 bits per heavy atom. The summed E-state index contributed by atoms with van der Waals surface area (Å²) in [6.07, 6.45) is 13.1. The molecule has 1 heterocycles. The number of rotatable bonds is 1. The summed E-state index contributed by atoms with van der Waals surface area (Å²) in [4.78, 5) is 29.8. The van der Waals surface area contributed by atoms with E-state index in [1.807, 2.05) is 18.3 Å². The van der Waals surface area contributed by atoms with E-state index in [-0.39, 0.29) is 22.5 Å². The van der Waals surface area contributed by atoms with Crippen molar-refractivity contribution in [2.45, 2.75) is 52.4 Å². The second-order valence-electron chi connectivity index (χ2n) is 9.50. The number of hydrogen-bond donors (Lipinski definition) is 0. The van der Waals surface area contributed by atoms with Crippen molar-refractivity contribution in [3.8, 4) is 0 Å². The van der Waals surface area contributed by atoms with Crippen molar-refractivity contribution < 1.29 is 9.59 Å². The Labute approximate surface area is 161 Å². The molecule has 140 valence electrons. The Bertz CT molecular complexity index is 883. The molecule has 5 atom stereocenters. The number of aromatic nitrogens is 1. The molecule has 0 saturated heterocycles. The highest BCUT2D eigenvalue weighted by molar-refractivity contribution is 5.93. The van der Waals surface area contributed by atoms with Gasteiger partial charge in [-0.25, -0.2) is 0 Å². The van der Waals surface area contributed by atoms with Crippen LogP contribution in [0.5, 0.6) is 0 Å². The van der Waals surface area contributed by atoms with Crippen molar-refractivity contribution >= 4 is 17.1 Å². The first kappa shape index (κ1) is 17.1. The van der Waals surface area contributed by atoms with Gasteiger partial charge in [-0.05, 0) is 66.2 Å². The molecule has 0 bridgehead atoms. The van der Waals surface area contributed by atoms with Crippen LogP contribution in [-0.2, 0) is 9.59 Å². The lowest BCUT2D eigenvalue weighted by molar-refractivity contribution is -0.142. The van der Waals surface area contributed by atoms with E-state index >= 15 is 0 Å². The Kier molecular flexibility index (Phi) is 3.63. The van der Waals surface area contributed by atoms with Crippen LogP contribution < -0.4 is 0 Å². The van der Waals surface area contributed by atoms with Crippen LogP contribution in [0.2, 0.25) is 0 Å². The molecular formula is C24H27NO2. The maximum Gasteiger partial charge on any atom is 0.155 e. The lowest BCUT2D eigenvalue weighted by Crippen LogP contribution is -2.54. The number of Topliss-reactive ketones (excluding diaryl/α,β-unsaturated/α-hetero) is 1. The fraction of sp³-hybridized carbons (Fsp3) is 0.542. The van der Waals surface area contributed by atoms with Gasteiger partial charge in [-0.3, -0.25) is 14.6 Å². The molecule has 1 aromatic rings. The maximum atomic E-state index is 13.5. The van der Waals surface area contributed by atoms with Crippen molar-refractivity contribution in [3.63, 3.8) is 0 Å². The van der Waals surface area contributed by atoms with Crippen molar-refractivity contribution in [1.29, 1.82) is 0 Å². The number of nitrogens with zero attached hydrogens (tertiary/aromatic N) is 1. The maximum absolute atomic E-state index is 13.5. The van der Waals surface area contributed by atoms with Gasteiger partial charge in [-0.1, -0.05) is 31.6 Å². The van der Waals surface area contributed by atoms with Crippen LogP contribution in [0, 0.1) is 28.6 Å². The summed E-state index contributed by atoms with van der Waals surface area (Å²) in [5.41, 5.74) is 3.54. The topological polar surface area (TPSA) is 47.0 Å². The van der Waals surface area contributed by atoms with E-state index in [1.54, 1.807) is 6.20 Å². The third kappa shape index (κ3) is 2.30. The highest BCUT2D eigenvalue weighted by atomic mass is 16.1. The molecule has 0 N–H and O–H groups in total. The molecule has 2 saturated carbocycles. The predicted molar refractivity (Wildman–Crippen MR) is 105 cm³/mol. The molecule has 3 unspecified atom stereocenters. The summed E-state index contributed by atoms with van der Waals surface area (Å²) >= 11 is 0. The number of carbonyl (C=O) groups is 2. The van der Waals surface area contributed by atoms with Gasteiger partial charge in [0.05, 0.1) is 0 Å². The van der Waals surface area contributed by atoms with E-state index in [0.29, 0.717) is 30.5 Å². The van der Waals surface area contributed by atoms with E-state index in [1.165, 1.54) is 16.7 Å². The van der Waals surface area contributed by atoms with Crippen molar-refractivity contribution in [1.82, 2.24) is 4.98 Å². The van der Waals surface area contributed by atoms with Crippen LogP contribution in [-0.4, -0.2) is 16.6 Å². The van der Waals surface area contributed by atoms with Gasteiger partial charge in [0.15, 0.2) is 5.78 Å². The second kappa shape index (κ2) is 5.73. The second-order valence-corrected chi connectivity index (χ2v) is 9.50. The zero-order chi connectivity index (χ0) is 18.8. The summed E-state index contributed by atoms with van der Waals surface area (Å²) < 4.78 is 0. The number of hydrogen-bond acceptors (Lipinski definition) is 3. The van der Waals surface area contributed by atoms with Crippen LogP contribution in [0.4, 0.5) is 0 Å². The van der Waals surface area contributed by atoms with Crippen LogP contribution in [0.15, 0.2) is 42.3 Å². The molecule has 3 nitrogen and oxygen atoms in total. The van der Waals surface area contributed by atoms with E-state index in [4.69, 9.17) is 0 Å². The minimum Gasteiger partial charge on any atom is -0.299 e. The Hall–Kier alpha value is -2.03. The fourth-order valence-corrected chi connectivity index (χ4v) is 6.93. The van der Waals surface area contributed by atoms with E-state index in [0.717, 1.165) is 25.7 Å². The van der Waals surface area contributed by atoms with Gasteiger partial charge in [-0.15, -0.1) is 0 Å². The fourth-order valence-electron chi connectivity index (χ4n) is 6.93. The molecule has 2 fully saturated rings. The summed E-state index contributed by atoms with van der Waals surface area (Å²) in [6.45, 7) is 4.56. The third-order valence-electron chi connectivity index (χ3n) is 8.21. The number of pyridine rings is 1. The van der Waals surface area contributed by atoms with Crippen LogP contribution in [0.3, 0.4) is 0 Å². The monoisotopic (exact) mass is 361 g/mol. The highest BCUT2D eigenvalue weighted by Crippen LogP contribution is 2.65. The SMILES string of the molecule is C[C@]12CCC(=O)C=C1CCC1C2C(=O)C[C@]2(C)C(c3cccnc3)=CCC12. The molecule has 0 aliphatic heterocycles. The van der Waals surface area contributed by atoms with E-state index in [9.17, 15) is 9.59 Å². The quantitative estimate of drug-likeness (QED) is 0.723. The van der Waals surface area contributed by atoms with Crippen molar-refractivity contribution in [2.75, 3.05) is 0 Å². The average molecular weight is 361 g/mol. The van der Waals surface area contributed by atoms with Gasteiger partial charge in [0, 0.05) is 36.6 Å². The smallest absolute Gasteiger partial charge is 0.155 e. The zero-order valence-corrected chi connectivity index (χ0v) is 16.2. The minimum atomic E-state index is -0.105. The van der Waals surface area contributed by atoms with Gasteiger partial charge < -0.3 is 0 Å². The Morgan fingerprint density at radius 3 is 2.78 bits per heavy atom. The Morgan fingerprint density at radius 2 is 2.00 bits per heavy atom. The summed E-state index contributed by atoms with van der Waals surface area (Å²) in [5.74, 6) is 1.70. The van der Waals surface area contributed by atoms with Gasteiger partial charge in [0.1, 0.15) is 5.78 Å². The minimum absolute atomic E-state index is 0.0800. The standard InChI is InChI=1S/C24H27NO2/c1-23-10-9-17(26)12-16(23)5-6-18-20-8-7-19(15-4-3-11-25-14-15)24(20,2)13-21(27)22(18)23/h3-4,7,11-12,14,18,20,22H,5-6,8-10,13H2,1-2H3/t18?,20?,22?,23-,24+/m0/s1. The molecule has 27 heavy (non-hydrogen) atoms. The molecule has 0 spiro atoms. The normalized spacial score (nSPS) is 40.6. The molecule has 4 aliphatic carbocycles. The van der Waals surface area contributed by atoms with Crippen molar-refractivity contribution in [3.05, 3.63) is 47.8 Å². The van der Waals surface area contributed by atoms with Crippen LogP contribution in [0.1, 0.15) is 57.9 Å². The number of carbonyl (C=O) groups excluding carboxylic acids is 2. The van der Waals surface area contributed by atoms with Gasteiger partial charge in [0.2, 0.25) is 0 Å². The van der Waals surface area contributed by atoms with Gasteiger partial charge in [-0.2, -0.15) is 0 Å². The first-order chi connectivity index (χ1) is 12.9.